The standard InChI is InChI=1S/C18H15ClN2O4/c1-24-16-7-6-13(19)8-12(16)10-25-17(22)9-21-11-20-15-5-3-2-4-14(15)18(21)23/h2-8,11H,9-10H2,1H3. The van der Waals surface area contributed by atoms with Crippen LogP contribution in [0.25, 0.3) is 10.9 Å². The molecule has 3 rings (SSSR count). The molecule has 0 radical (unpaired) electrons. The van der Waals surface area contributed by atoms with Crippen LogP contribution in [0.15, 0.2) is 53.6 Å². The minimum Gasteiger partial charge on any atom is -0.496 e. The largest absolute Gasteiger partial charge is 0.496 e. The molecule has 0 N–H and O–H groups in total. The third-order valence-corrected chi connectivity index (χ3v) is 3.90. The van der Waals surface area contributed by atoms with Gasteiger partial charge in [0.1, 0.15) is 18.9 Å². The first kappa shape index (κ1) is 17.0. The van der Waals surface area contributed by atoms with Crippen molar-refractivity contribution < 1.29 is 14.3 Å². The van der Waals surface area contributed by atoms with E-state index in [2.05, 4.69) is 4.98 Å². The molecule has 1 heterocycles. The Balaban J connectivity index is 1.72. The third-order valence-electron chi connectivity index (χ3n) is 3.66. The number of hydrogen-bond acceptors (Lipinski definition) is 5. The second-order valence-electron chi connectivity index (χ2n) is 5.31. The summed E-state index contributed by atoms with van der Waals surface area (Å²) in [6.07, 6.45) is 1.34. The number of para-hydroxylation sites is 1. The van der Waals surface area contributed by atoms with Crippen LogP contribution in [0.5, 0.6) is 5.75 Å². The average Bonchev–Trinajstić information content (AvgIpc) is 2.63. The van der Waals surface area contributed by atoms with Crippen molar-refractivity contribution in [1.82, 2.24) is 9.55 Å². The van der Waals surface area contributed by atoms with E-state index >= 15 is 0 Å². The highest BCUT2D eigenvalue weighted by Crippen LogP contribution is 2.23. The molecule has 0 atom stereocenters. The quantitative estimate of drug-likeness (QED) is 0.656. The predicted octanol–water partition coefficient (Wildman–Crippen LogP) is 2.80. The fraction of sp³-hybridized carbons (Fsp3) is 0.167. The van der Waals surface area contributed by atoms with E-state index in [4.69, 9.17) is 21.1 Å². The number of rotatable bonds is 5. The zero-order valence-electron chi connectivity index (χ0n) is 13.4. The van der Waals surface area contributed by atoms with Gasteiger partial charge in [0.2, 0.25) is 0 Å². The maximum Gasteiger partial charge on any atom is 0.326 e. The lowest BCUT2D eigenvalue weighted by Gasteiger charge is -2.10. The Labute approximate surface area is 148 Å². The Hall–Kier alpha value is -2.86. The first-order valence-corrected chi connectivity index (χ1v) is 7.88. The van der Waals surface area contributed by atoms with Gasteiger partial charge in [-0.25, -0.2) is 4.98 Å². The number of halogens is 1. The summed E-state index contributed by atoms with van der Waals surface area (Å²) in [5.41, 5.74) is 0.941. The second-order valence-corrected chi connectivity index (χ2v) is 5.75. The summed E-state index contributed by atoms with van der Waals surface area (Å²) in [5, 5.41) is 0.969. The molecule has 0 aliphatic heterocycles. The fourth-order valence-electron chi connectivity index (χ4n) is 2.42. The molecule has 0 bridgehead atoms. The van der Waals surface area contributed by atoms with Crippen molar-refractivity contribution in [2.24, 2.45) is 0 Å². The molecule has 6 nitrogen and oxygen atoms in total. The number of aromatic nitrogens is 2. The number of hydrogen-bond donors (Lipinski definition) is 0. The SMILES string of the molecule is COc1ccc(Cl)cc1COC(=O)Cn1cnc2ccccc2c1=O. The van der Waals surface area contributed by atoms with E-state index in [0.29, 0.717) is 27.2 Å². The number of carbonyl (C=O) groups excluding carboxylic acids is 1. The topological polar surface area (TPSA) is 70.4 Å². The molecule has 3 aromatic rings. The van der Waals surface area contributed by atoms with Crippen molar-refractivity contribution in [2.75, 3.05) is 7.11 Å². The molecule has 0 saturated carbocycles. The molecule has 0 unspecified atom stereocenters. The van der Waals surface area contributed by atoms with Gasteiger partial charge in [-0.2, -0.15) is 0 Å². The minimum absolute atomic E-state index is 0.00166. The molecule has 1 aromatic heterocycles. The van der Waals surface area contributed by atoms with Gasteiger partial charge in [-0.15, -0.1) is 0 Å². The summed E-state index contributed by atoms with van der Waals surface area (Å²) < 4.78 is 11.7. The third kappa shape index (κ3) is 3.80. The van der Waals surface area contributed by atoms with Crippen molar-refractivity contribution in [2.45, 2.75) is 13.2 Å². The molecule has 25 heavy (non-hydrogen) atoms. The molecule has 0 fully saturated rings. The smallest absolute Gasteiger partial charge is 0.326 e. The number of nitrogens with zero attached hydrogens (tertiary/aromatic N) is 2. The molecule has 0 aliphatic carbocycles. The molecule has 0 spiro atoms. The summed E-state index contributed by atoms with van der Waals surface area (Å²) in [5.74, 6) is 0.0166. The van der Waals surface area contributed by atoms with Crippen molar-refractivity contribution in [3.63, 3.8) is 0 Å². The van der Waals surface area contributed by atoms with Gasteiger partial charge < -0.3 is 9.47 Å². The van der Waals surface area contributed by atoms with Crippen molar-refractivity contribution in [3.05, 3.63) is 69.7 Å². The molecule has 0 saturated heterocycles. The maximum atomic E-state index is 12.4. The van der Waals surface area contributed by atoms with Gasteiger partial charge in [-0.3, -0.25) is 14.2 Å². The van der Waals surface area contributed by atoms with E-state index in [0.717, 1.165) is 0 Å². The van der Waals surface area contributed by atoms with Crippen LogP contribution in [0.1, 0.15) is 5.56 Å². The summed E-state index contributed by atoms with van der Waals surface area (Å²) in [6, 6.07) is 12.0. The minimum atomic E-state index is -0.554. The van der Waals surface area contributed by atoms with Crippen LogP contribution >= 0.6 is 11.6 Å². The number of carbonyl (C=O) groups is 1. The zero-order chi connectivity index (χ0) is 17.8. The Morgan fingerprint density at radius 1 is 1.24 bits per heavy atom. The molecule has 0 amide bonds. The van der Waals surface area contributed by atoms with E-state index in [9.17, 15) is 9.59 Å². The lowest BCUT2D eigenvalue weighted by molar-refractivity contribution is -0.145. The van der Waals surface area contributed by atoms with Crippen LogP contribution < -0.4 is 10.3 Å². The van der Waals surface area contributed by atoms with Gasteiger partial charge in [0.25, 0.3) is 5.56 Å². The van der Waals surface area contributed by atoms with Crippen LogP contribution in [-0.4, -0.2) is 22.6 Å². The zero-order valence-corrected chi connectivity index (χ0v) is 14.2. The predicted molar refractivity (Wildman–Crippen MR) is 93.8 cm³/mol. The van der Waals surface area contributed by atoms with Crippen LogP contribution in [0.2, 0.25) is 5.02 Å². The first-order chi connectivity index (χ1) is 12.1. The van der Waals surface area contributed by atoms with Crippen LogP contribution in [0, 0.1) is 0 Å². The van der Waals surface area contributed by atoms with Gasteiger partial charge in [0.05, 0.1) is 24.3 Å². The maximum absolute atomic E-state index is 12.4. The molecule has 2 aromatic carbocycles. The van der Waals surface area contributed by atoms with E-state index in [-0.39, 0.29) is 18.7 Å². The second kappa shape index (κ2) is 7.36. The van der Waals surface area contributed by atoms with Gasteiger partial charge in [0, 0.05) is 10.6 Å². The number of ether oxygens (including phenoxy) is 2. The highest BCUT2D eigenvalue weighted by Gasteiger charge is 2.11. The van der Waals surface area contributed by atoms with E-state index in [1.807, 2.05) is 0 Å². The normalized spacial score (nSPS) is 10.6. The molecular weight excluding hydrogens is 344 g/mol. The highest BCUT2D eigenvalue weighted by atomic mass is 35.5. The Kier molecular flexibility index (Phi) is 5.00. The first-order valence-electron chi connectivity index (χ1n) is 7.50. The summed E-state index contributed by atoms with van der Waals surface area (Å²) in [4.78, 5) is 28.6. The van der Waals surface area contributed by atoms with Gasteiger partial charge in [-0.1, -0.05) is 23.7 Å². The Morgan fingerprint density at radius 3 is 2.84 bits per heavy atom. The molecule has 128 valence electrons. The molecular formula is C18H15ClN2O4. The monoisotopic (exact) mass is 358 g/mol. The lowest BCUT2D eigenvalue weighted by atomic mass is 10.2. The molecule has 0 aliphatic rings. The van der Waals surface area contributed by atoms with Gasteiger partial charge in [0.15, 0.2) is 0 Å². The van der Waals surface area contributed by atoms with E-state index in [1.165, 1.54) is 18.0 Å². The van der Waals surface area contributed by atoms with Crippen LogP contribution in [0.4, 0.5) is 0 Å². The Bertz CT molecular complexity index is 984. The van der Waals surface area contributed by atoms with Gasteiger partial charge in [-0.05, 0) is 30.3 Å². The summed E-state index contributed by atoms with van der Waals surface area (Å²) in [6.45, 7) is -0.224. The number of fused-ring (bicyclic) bond motifs is 1. The lowest BCUT2D eigenvalue weighted by Crippen LogP contribution is -2.25. The summed E-state index contributed by atoms with van der Waals surface area (Å²) >= 11 is 5.95. The Morgan fingerprint density at radius 2 is 2.04 bits per heavy atom. The molecule has 7 heteroatoms. The van der Waals surface area contributed by atoms with E-state index in [1.54, 1.807) is 42.5 Å². The number of benzene rings is 2. The van der Waals surface area contributed by atoms with Crippen molar-refractivity contribution in [3.8, 4) is 5.75 Å². The number of esters is 1. The van der Waals surface area contributed by atoms with Crippen molar-refractivity contribution >= 4 is 28.5 Å². The van der Waals surface area contributed by atoms with Crippen molar-refractivity contribution in [1.29, 1.82) is 0 Å². The highest BCUT2D eigenvalue weighted by molar-refractivity contribution is 6.30. The van der Waals surface area contributed by atoms with E-state index < -0.39 is 5.97 Å². The number of methoxy groups -OCH3 is 1. The fourth-order valence-corrected chi connectivity index (χ4v) is 2.62. The average molecular weight is 359 g/mol. The summed E-state index contributed by atoms with van der Waals surface area (Å²) in [7, 11) is 1.52. The van der Waals surface area contributed by atoms with Crippen LogP contribution in [-0.2, 0) is 22.7 Å². The van der Waals surface area contributed by atoms with Crippen LogP contribution in [0.3, 0.4) is 0 Å². The van der Waals surface area contributed by atoms with Gasteiger partial charge >= 0.3 is 5.97 Å².